The summed E-state index contributed by atoms with van der Waals surface area (Å²) in [6.07, 6.45) is 0.989. The lowest BCUT2D eigenvalue weighted by Gasteiger charge is -2.08. The summed E-state index contributed by atoms with van der Waals surface area (Å²) < 4.78 is 2.01. The molecule has 108 valence electrons. The van der Waals surface area contributed by atoms with Crippen molar-refractivity contribution in [1.82, 2.24) is 15.1 Å². The fourth-order valence-electron chi connectivity index (χ4n) is 2.31. The van der Waals surface area contributed by atoms with Crippen LogP contribution in [0.1, 0.15) is 22.5 Å². The molecule has 0 aliphatic rings. The predicted molar refractivity (Wildman–Crippen MR) is 84.9 cm³/mol. The van der Waals surface area contributed by atoms with Crippen LogP contribution in [0.15, 0.2) is 18.2 Å². The SMILES string of the molecule is CNCCc1c(C)nn(Cc2ccc(Cl)cc2Cl)c1C. The maximum absolute atomic E-state index is 6.23. The minimum Gasteiger partial charge on any atom is -0.319 e. The second-order valence-electron chi connectivity index (χ2n) is 4.90. The standard InChI is InChI=1S/C15H19Cl2N3/c1-10-14(6-7-18-3)11(2)20(19-10)9-12-4-5-13(16)8-15(12)17/h4-5,8,18H,6-7,9H2,1-3H3. The smallest absolute Gasteiger partial charge is 0.0677 e. The van der Waals surface area contributed by atoms with Gasteiger partial charge in [0.25, 0.3) is 0 Å². The van der Waals surface area contributed by atoms with Gasteiger partial charge in [0.2, 0.25) is 0 Å². The predicted octanol–water partition coefficient (Wildman–Crippen LogP) is 3.62. The molecule has 0 fully saturated rings. The summed E-state index contributed by atoms with van der Waals surface area (Å²) in [6.45, 7) is 5.78. The van der Waals surface area contributed by atoms with Gasteiger partial charge in [0, 0.05) is 15.7 Å². The number of aryl methyl sites for hydroxylation is 1. The number of likely N-dealkylation sites (N-methyl/N-ethyl adjacent to an activating group) is 1. The second kappa shape index (κ2) is 6.61. The molecule has 0 saturated carbocycles. The van der Waals surface area contributed by atoms with Crippen molar-refractivity contribution in [3.8, 4) is 0 Å². The molecule has 0 unspecified atom stereocenters. The minimum atomic E-state index is 0.654. The van der Waals surface area contributed by atoms with E-state index in [0.29, 0.717) is 16.6 Å². The summed E-state index contributed by atoms with van der Waals surface area (Å²) in [5.41, 5.74) is 4.62. The molecule has 0 aliphatic carbocycles. The molecule has 2 rings (SSSR count). The van der Waals surface area contributed by atoms with Crippen molar-refractivity contribution >= 4 is 23.2 Å². The van der Waals surface area contributed by atoms with E-state index in [9.17, 15) is 0 Å². The zero-order valence-electron chi connectivity index (χ0n) is 12.0. The first kappa shape index (κ1) is 15.4. The van der Waals surface area contributed by atoms with Crippen LogP contribution in [0.3, 0.4) is 0 Å². The molecule has 0 spiro atoms. The molecule has 1 aromatic carbocycles. The normalized spacial score (nSPS) is 11.1. The zero-order chi connectivity index (χ0) is 14.7. The summed E-state index contributed by atoms with van der Waals surface area (Å²) in [4.78, 5) is 0. The Morgan fingerprint density at radius 1 is 1.25 bits per heavy atom. The Labute approximate surface area is 129 Å². The van der Waals surface area contributed by atoms with Crippen molar-refractivity contribution in [2.75, 3.05) is 13.6 Å². The molecule has 3 nitrogen and oxygen atoms in total. The Balaban J connectivity index is 2.25. The summed E-state index contributed by atoms with van der Waals surface area (Å²) >= 11 is 12.2. The van der Waals surface area contributed by atoms with Crippen molar-refractivity contribution in [2.24, 2.45) is 0 Å². The summed E-state index contributed by atoms with van der Waals surface area (Å²) in [5.74, 6) is 0. The van der Waals surface area contributed by atoms with Crippen molar-refractivity contribution in [3.05, 3.63) is 50.8 Å². The van der Waals surface area contributed by atoms with Crippen LogP contribution < -0.4 is 5.32 Å². The van der Waals surface area contributed by atoms with Gasteiger partial charge in [-0.05, 0) is 57.1 Å². The number of hydrogen-bond donors (Lipinski definition) is 1. The van der Waals surface area contributed by atoms with Gasteiger partial charge >= 0.3 is 0 Å². The van der Waals surface area contributed by atoms with Crippen molar-refractivity contribution < 1.29 is 0 Å². The highest BCUT2D eigenvalue weighted by Crippen LogP contribution is 2.23. The van der Waals surface area contributed by atoms with E-state index in [1.54, 1.807) is 6.07 Å². The van der Waals surface area contributed by atoms with Gasteiger partial charge in [0.1, 0.15) is 0 Å². The molecular weight excluding hydrogens is 293 g/mol. The average molecular weight is 312 g/mol. The largest absolute Gasteiger partial charge is 0.319 e. The van der Waals surface area contributed by atoms with Crippen LogP contribution in [-0.4, -0.2) is 23.4 Å². The Kier molecular flexibility index (Phi) is 5.08. The molecule has 1 aromatic heterocycles. The van der Waals surface area contributed by atoms with Crippen LogP contribution in [0.4, 0.5) is 0 Å². The van der Waals surface area contributed by atoms with Crippen LogP contribution in [-0.2, 0) is 13.0 Å². The Bertz CT molecular complexity index is 605. The number of hydrogen-bond acceptors (Lipinski definition) is 2. The molecule has 2 aromatic rings. The van der Waals surface area contributed by atoms with Gasteiger partial charge in [-0.25, -0.2) is 0 Å². The van der Waals surface area contributed by atoms with Gasteiger partial charge in [-0.3, -0.25) is 4.68 Å². The maximum Gasteiger partial charge on any atom is 0.0677 e. The first-order valence-corrected chi connectivity index (χ1v) is 7.40. The second-order valence-corrected chi connectivity index (χ2v) is 5.74. The van der Waals surface area contributed by atoms with Crippen LogP contribution in [0.5, 0.6) is 0 Å². The molecule has 1 N–H and O–H groups in total. The molecule has 0 radical (unpaired) electrons. The molecule has 0 atom stereocenters. The lowest BCUT2D eigenvalue weighted by atomic mass is 10.1. The number of benzene rings is 1. The number of rotatable bonds is 5. The Morgan fingerprint density at radius 3 is 2.65 bits per heavy atom. The molecule has 0 bridgehead atoms. The molecule has 20 heavy (non-hydrogen) atoms. The highest BCUT2D eigenvalue weighted by atomic mass is 35.5. The Morgan fingerprint density at radius 2 is 2.00 bits per heavy atom. The topological polar surface area (TPSA) is 29.9 Å². The first-order valence-electron chi connectivity index (χ1n) is 6.64. The lowest BCUT2D eigenvalue weighted by molar-refractivity contribution is 0.657. The molecule has 5 heteroatoms. The van der Waals surface area contributed by atoms with E-state index in [4.69, 9.17) is 23.2 Å². The number of aromatic nitrogens is 2. The molecule has 1 heterocycles. The molecule has 0 aliphatic heterocycles. The van der Waals surface area contributed by atoms with E-state index in [1.165, 1.54) is 11.3 Å². The van der Waals surface area contributed by atoms with Gasteiger partial charge < -0.3 is 5.32 Å². The third-order valence-electron chi connectivity index (χ3n) is 3.49. The highest BCUT2D eigenvalue weighted by Gasteiger charge is 2.12. The first-order chi connectivity index (χ1) is 9.52. The van der Waals surface area contributed by atoms with Gasteiger partial charge in [-0.15, -0.1) is 0 Å². The molecule has 0 amide bonds. The van der Waals surface area contributed by atoms with Crippen molar-refractivity contribution in [1.29, 1.82) is 0 Å². The van der Waals surface area contributed by atoms with E-state index in [-0.39, 0.29) is 0 Å². The minimum absolute atomic E-state index is 0.654. The Hall–Kier alpha value is -1.03. The van der Waals surface area contributed by atoms with E-state index < -0.39 is 0 Å². The van der Waals surface area contributed by atoms with Crippen LogP contribution in [0, 0.1) is 13.8 Å². The average Bonchev–Trinajstić information content (AvgIpc) is 2.66. The quantitative estimate of drug-likeness (QED) is 0.914. The highest BCUT2D eigenvalue weighted by molar-refractivity contribution is 6.35. The number of halogens is 2. The fourth-order valence-corrected chi connectivity index (χ4v) is 2.78. The molecule has 0 saturated heterocycles. The number of nitrogens with zero attached hydrogens (tertiary/aromatic N) is 2. The van der Waals surface area contributed by atoms with Gasteiger partial charge in [0.15, 0.2) is 0 Å². The summed E-state index contributed by atoms with van der Waals surface area (Å²) in [5, 5.41) is 9.13. The monoisotopic (exact) mass is 311 g/mol. The van der Waals surface area contributed by atoms with Crippen LogP contribution in [0.2, 0.25) is 10.0 Å². The lowest BCUT2D eigenvalue weighted by Crippen LogP contribution is -2.11. The van der Waals surface area contributed by atoms with Crippen molar-refractivity contribution in [3.63, 3.8) is 0 Å². The summed E-state index contributed by atoms with van der Waals surface area (Å²) in [7, 11) is 1.96. The third kappa shape index (κ3) is 3.35. The molecular formula is C15H19Cl2N3. The van der Waals surface area contributed by atoms with E-state index in [0.717, 1.165) is 24.2 Å². The van der Waals surface area contributed by atoms with Gasteiger partial charge in [0.05, 0.1) is 12.2 Å². The fraction of sp³-hybridized carbons (Fsp3) is 0.400. The number of nitrogens with one attached hydrogen (secondary N) is 1. The zero-order valence-corrected chi connectivity index (χ0v) is 13.5. The van der Waals surface area contributed by atoms with E-state index >= 15 is 0 Å². The van der Waals surface area contributed by atoms with Crippen LogP contribution in [0.25, 0.3) is 0 Å². The van der Waals surface area contributed by atoms with Gasteiger partial charge in [-0.1, -0.05) is 29.3 Å². The van der Waals surface area contributed by atoms with E-state index in [2.05, 4.69) is 24.3 Å². The van der Waals surface area contributed by atoms with Gasteiger partial charge in [-0.2, -0.15) is 5.10 Å². The summed E-state index contributed by atoms with van der Waals surface area (Å²) in [6, 6.07) is 5.58. The maximum atomic E-state index is 6.23. The third-order valence-corrected chi connectivity index (χ3v) is 4.08. The van der Waals surface area contributed by atoms with Crippen LogP contribution >= 0.6 is 23.2 Å². The van der Waals surface area contributed by atoms with E-state index in [1.807, 2.05) is 23.9 Å². The van der Waals surface area contributed by atoms with Crippen molar-refractivity contribution in [2.45, 2.75) is 26.8 Å².